The van der Waals surface area contributed by atoms with Crippen LogP contribution in [0.15, 0.2) is 42.2 Å². The molecule has 6 heteroatoms. The molecule has 2 unspecified atom stereocenters. The van der Waals surface area contributed by atoms with Gasteiger partial charge in [-0.15, -0.1) is 0 Å². The summed E-state index contributed by atoms with van der Waals surface area (Å²) < 4.78 is 10.4. The molecule has 0 aliphatic heterocycles. The number of benzene rings is 1. The monoisotopic (exact) mass is 314 g/mol. The first kappa shape index (κ1) is 15.2. The van der Waals surface area contributed by atoms with Crippen LogP contribution in [-0.2, 0) is 10.3 Å². The lowest BCUT2D eigenvalue weighted by Gasteiger charge is -2.40. The number of alkyl halides is 1. The minimum atomic E-state index is -1.33. The van der Waals surface area contributed by atoms with Gasteiger partial charge in [-0.1, -0.05) is 23.2 Å². The van der Waals surface area contributed by atoms with Crippen LogP contribution in [0, 0.1) is 0 Å². The lowest BCUT2D eigenvalue weighted by molar-refractivity contribution is 0.289. The van der Waals surface area contributed by atoms with Gasteiger partial charge in [0.15, 0.2) is 0 Å². The molecule has 4 nitrogen and oxygen atoms in total. The quantitative estimate of drug-likeness (QED) is 0.664. The predicted octanol–water partition coefficient (Wildman–Crippen LogP) is 2.50. The van der Waals surface area contributed by atoms with Crippen LogP contribution in [-0.4, -0.2) is 19.2 Å². The number of ether oxygens (including phenoxy) is 2. The topological polar surface area (TPSA) is 70.5 Å². The molecule has 4 N–H and O–H groups in total. The van der Waals surface area contributed by atoms with Gasteiger partial charge in [0, 0.05) is 10.6 Å². The summed E-state index contributed by atoms with van der Waals surface area (Å²) in [4.78, 5) is -1.33. The fourth-order valence-corrected chi connectivity index (χ4v) is 2.58. The van der Waals surface area contributed by atoms with Gasteiger partial charge in [-0.2, -0.15) is 0 Å². The summed E-state index contributed by atoms with van der Waals surface area (Å²) in [5.74, 6) is 1.18. The number of halogens is 2. The third-order valence-electron chi connectivity index (χ3n) is 3.35. The summed E-state index contributed by atoms with van der Waals surface area (Å²) in [5, 5.41) is 0.450. The molecule has 20 heavy (non-hydrogen) atoms. The molecule has 108 valence electrons. The van der Waals surface area contributed by atoms with E-state index in [-0.39, 0.29) is 0 Å². The Balaban J connectivity index is 2.63. The Morgan fingerprint density at radius 1 is 1.15 bits per heavy atom. The van der Waals surface area contributed by atoms with E-state index in [0.717, 1.165) is 0 Å². The molecular weight excluding hydrogens is 299 g/mol. The van der Waals surface area contributed by atoms with Crippen LogP contribution in [0.25, 0.3) is 0 Å². The van der Waals surface area contributed by atoms with Crippen LogP contribution < -0.4 is 16.2 Å². The van der Waals surface area contributed by atoms with E-state index < -0.39 is 10.5 Å². The lowest BCUT2D eigenvalue weighted by atomic mass is 9.80. The highest BCUT2D eigenvalue weighted by molar-refractivity contribution is 6.32. The molecule has 0 heterocycles. The Labute approximate surface area is 127 Å². The number of nitrogens with two attached hydrogens (primary N) is 2. The number of allylic oxidation sites excluding steroid dienone is 1. The molecule has 1 aromatic rings. The summed E-state index contributed by atoms with van der Waals surface area (Å²) in [6.07, 6.45) is 4.91. The van der Waals surface area contributed by atoms with Crippen molar-refractivity contribution in [2.45, 2.75) is 10.5 Å². The van der Waals surface area contributed by atoms with Gasteiger partial charge < -0.3 is 20.9 Å². The zero-order chi connectivity index (χ0) is 15.0. The van der Waals surface area contributed by atoms with Crippen molar-refractivity contribution in [2.75, 3.05) is 14.2 Å². The lowest BCUT2D eigenvalue weighted by Crippen LogP contribution is -2.59. The first-order valence-corrected chi connectivity index (χ1v) is 6.66. The summed E-state index contributed by atoms with van der Waals surface area (Å²) in [6, 6.07) is 5.15. The molecule has 0 amide bonds. The highest BCUT2D eigenvalue weighted by Crippen LogP contribution is 2.42. The van der Waals surface area contributed by atoms with Crippen LogP contribution in [0.1, 0.15) is 5.56 Å². The molecule has 2 rings (SSSR count). The smallest absolute Gasteiger partial charge is 0.136 e. The van der Waals surface area contributed by atoms with E-state index in [2.05, 4.69) is 0 Å². The first-order valence-electron chi connectivity index (χ1n) is 5.91. The standard InChI is InChI=1S/C14H16Cl2N2O2/c1-19-9-3-4-12(15)11(7-9)13(17)8-10(20-2)5-6-14(13,16)18/h3-8H,17-18H2,1-2H3. The molecule has 0 bridgehead atoms. The molecule has 1 aromatic carbocycles. The molecule has 0 fully saturated rings. The normalized spacial score (nSPS) is 29.0. The molecule has 0 saturated carbocycles. The third kappa shape index (κ3) is 2.40. The Kier molecular flexibility index (Phi) is 4.02. The maximum Gasteiger partial charge on any atom is 0.136 e. The van der Waals surface area contributed by atoms with Gasteiger partial charge in [-0.05, 0) is 36.4 Å². The van der Waals surface area contributed by atoms with Crippen molar-refractivity contribution in [3.8, 4) is 5.75 Å². The molecule has 0 radical (unpaired) electrons. The van der Waals surface area contributed by atoms with Crippen molar-refractivity contribution in [1.29, 1.82) is 0 Å². The number of methoxy groups -OCH3 is 2. The Morgan fingerprint density at radius 2 is 1.85 bits per heavy atom. The Morgan fingerprint density at radius 3 is 2.45 bits per heavy atom. The average Bonchev–Trinajstić information content (AvgIpc) is 2.42. The van der Waals surface area contributed by atoms with Crippen molar-refractivity contribution in [3.05, 3.63) is 52.8 Å². The minimum absolute atomic E-state index is 0.450. The van der Waals surface area contributed by atoms with Crippen LogP contribution in [0.5, 0.6) is 5.75 Å². The summed E-state index contributed by atoms with van der Waals surface area (Å²) in [5.41, 5.74) is 11.9. The first-order chi connectivity index (χ1) is 9.34. The average molecular weight is 315 g/mol. The maximum atomic E-state index is 6.44. The SMILES string of the molecule is COC1=CC(N)(c2cc(OC)ccc2Cl)C(N)(Cl)C=C1. The van der Waals surface area contributed by atoms with E-state index in [4.69, 9.17) is 44.1 Å². The summed E-state index contributed by atoms with van der Waals surface area (Å²) >= 11 is 12.6. The van der Waals surface area contributed by atoms with E-state index in [1.54, 1.807) is 50.6 Å². The van der Waals surface area contributed by atoms with E-state index in [0.29, 0.717) is 22.1 Å². The molecule has 2 atom stereocenters. The second kappa shape index (κ2) is 5.30. The zero-order valence-electron chi connectivity index (χ0n) is 11.2. The fraction of sp³-hybridized carbons (Fsp3) is 0.286. The van der Waals surface area contributed by atoms with Crippen molar-refractivity contribution in [3.63, 3.8) is 0 Å². The van der Waals surface area contributed by atoms with Gasteiger partial charge in [-0.25, -0.2) is 0 Å². The highest BCUT2D eigenvalue weighted by atomic mass is 35.5. The molecule has 0 saturated heterocycles. The van der Waals surface area contributed by atoms with E-state index in [1.165, 1.54) is 0 Å². The number of hydrogen-bond acceptors (Lipinski definition) is 4. The van der Waals surface area contributed by atoms with Crippen molar-refractivity contribution in [1.82, 2.24) is 0 Å². The molecular formula is C14H16Cl2N2O2. The van der Waals surface area contributed by atoms with E-state index in [9.17, 15) is 0 Å². The van der Waals surface area contributed by atoms with Crippen LogP contribution in [0.4, 0.5) is 0 Å². The Hall–Kier alpha value is -1.20. The fourth-order valence-electron chi connectivity index (χ4n) is 2.08. The van der Waals surface area contributed by atoms with Crippen molar-refractivity contribution >= 4 is 23.2 Å². The van der Waals surface area contributed by atoms with Crippen LogP contribution >= 0.6 is 23.2 Å². The number of hydrogen-bond donors (Lipinski definition) is 2. The highest BCUT2D eigenvalue weighted by Gasteiger charge is 2.46. The molecule has 0 aromatic heterocycles. The van der Waals surface area contributed by atoms with Crippen LogP contribution in [0.2, 0.25) is 5.02 Å². The minimum Gasteiger partial charge on any atom is -0.497 e. The van der Waals surface area contributed by atoms with Gasteiger partial charge in [0.1, 0.15) is 22.0 Å². The molecule has 1 aliphatic rings. The number of rotatable bonds is 3. The predicted molar refractivity (Wildman–Crippen MR) is 80.9 cm³/mol. The summed E-state index contributed by atoms with van der Waals surface area (Å²) in [7, 11) is 3.10. The van der Waals surface area contributed by atoms with Gasteiger partial charge >= 0.3 is 0 Å². The van der Waals surface area contributed by atoms with Gasteiger partial charge in [0.2, 0.25) is 0 Å². The van der Waals surface area contributed by atoms with E-state index in [1.807, 2.05) is 0 Å². The second-order valence-electron chi connectivity index (χ2n) is 4.57. The summed E-state index contributed by atoms with van der Waals surface area (Å²) in [6.45, 7) is 0. The second-order valence-corrected chi connectivity index (χ2v) is 5.60. The van der Waals surface area contributed by atoms with Gasteiger partial charge in [-0.3, -0.25) is 0 Å². The maximum absolute atomic E-state index is 6.44. The Bertz CT molecular complexity index is 585. The zero-order valence-corrected chi connectivity index (χ0v) is 12.7. The van der Waals surface area contributed by atoms with E-state index >= 15 is 0 Å². The third-order valence-corrected chi connectivity index (χ3v) is 4.12. The van der Waals surface area contributed by atoms with Crippen molar-refractivity contribution in [2.24, 2.45) is 11.5 Å². The van der Waals surface area contributed by atoms with Crippen LogP contribution in [0.3, 0.4) is 0 Å². The van der Waals surface area contributed by atoms with Gasteiger partial charge in [0.05, 0.1) is 14.2 Å². The molecule has 0 spiro atoms. The van der Waals surface area contributed by atoms with Crippen molar-refractivity contribution < 1.29 is 9.47 Å². The largest absolute Gasteiger partial charge is 0.497 e. The molecule has 1 aliphatic carbocycles. The van der Waals surface area contributed by atoms with Gasteiger partial charge in [0.25, 0.3) is 0 Å².